The van der Waals surface area contributed by atoms with Gasteiger partial charge in [-0.15, -0.1) is 12.4 Å². The minimum Gasteiger partial charge on any atom is -0.369 e. The number of unbranched alkanes of at least 4 members (excludes halogenated alkanes) is 3. The Kier molecular flexibility index (Phi) is 8.37. The summed E-state index contributed by atoms with van der Waals surface area (Å²) >= 11 is 0. The van der Waals surface area contributed by atoms with E-state index in [-0.39, 0.29) is 12.4 Å². The SMILES string of the molecule is Cl.FC(F)(F)c1cccc(N2CCN(CCCCCCn3nc4ccccc4n3)CC2)c1. The topological polar surface area (TPSA) is 37.2 Å². The second kappa shape index (κ2) is 11.0. The van der Waals surface area contributed by atoms with Crippen molar-refractivity contribution in [1.29, 1.82) is 0 Å². The number of fused-ring (bicyclic) bond motifs is 1. The number of aryl methyl sites for hydroxylation is 1. The molecule has 1 aliphatic heterocycles. The third kappa shape index (κ3) is 6.36. The molecule has 5 nitrogen and oxygen atoms in total. The molecule has 1 fully saturated rings. The van der Waals surface area contributed by atoms with Gasteiger partial charge in [-0.25, -0.2) is 0 Å². The maximum Gasteiger partial charge on any atom is 0.416 e. The number of benzene rings is 2. The number of anilines is 1. The van der Waals surface area contributed by atoms with Crippen LogP contribution in [0.5, 0.6) is 0 Å². The van der Waals surface area contributed by atoms with Crippen LogP contribution in [-0.2, 0) is 12.7 Å². The van der Waals surface area contributed by atoms with Crippen molar-refractivity contribution in [2.24, 2.45) is 0 Å². The average Bonchev–Trinajstić information content (AvgIpc) is 3.19. The Labute approximate surface area is 192 Å². The van der Waals surface area contributed by atoms with Gasteiger partial charge in [0.15, 0.2) is 0 Å². The van der Waals surface area contributed by atoms with E-state index >= 15 is 0 Å². The number of hydrogen-bond acceptors (Lipinski definition) is 4. The quantitative estimate of drug-likeness (QED) is 0.424. The van der Waals surface area contributed by atoms with Crippen LogP contribution >= 0.6 is 12.4 Å². The molecule has 1 saturated heterocycles. The highest BCUT2D eigenvalue weighted by molar-refractivity contribution is 5.85. The normalized spacial score (nSPS) is 15.2. The average molecular weight is 468 g/mol. The van der Waals surface area contributed by atoms with Gasteiger partial charge in [-0.05, 0) is 49.7 Å². The highest BCUT2D eigenvalue weighted by Gasteiger charge is 2.31. The molecule has 9 heteroatoms. The standard InChI is InChI=1S/C23H28F3N5.ClH/c24-23(25,26)19-8-7-9-20(18-19)30-16-14-29(15-17-30)12-5-1-2-6-13-31-27-21-10-3-4-11-22(21)28-31;/h3-4,7-11,18H,1-2,5-6,12-17H2;1H. The number of alkyl halides is 3. The predicted octanol–water partition coefficient (Wildman–Crippen LogP) is 5.25. The van der Waals surface area contributed by atoms with E-state index in [2.05, 4.69) is 15.1 Å². The number of hydrogen-bond donors (Lipinski definition) is 0. The molecule has 0 saturated carbocycles. The number of piperazine rings is 1. The summed E-state index contributed by atoms with van der Waals surface area (Å²) in [6, 6.07) is 13.5. The van der Waals surface area contributed by atoms with Gasteiger partial charge >= 0.3 is 6.18 Å². The Balaban J connectivity index is 0.00000289. The summed E-state index contributed by atoms with van der Waals surface area (Å²) < 4.78 is 38.8. The highest BCUT2D eigenvalue weighted by Crippen LogP contribution is 2.31. The van der Waals surface area contributed by atoms with Crippen molar-refractivity contribution in [3.8, 4) is 0 Å². The summed E-state index contributed by atoms with van der Waals surface area (Å²) in [5, 5.41) is 8.97. The molecule has 0 bridgehead atoms. The van der Waals surface area contributed by atoms with Gasteiger partial charge in [-0.2, -0.15) is 28.2 Å². The van der Waals surface area contributed by atoms with Crippen LogP contribution in [0.15, 0.2) is 48.5 Å². The smallest absolute Gasteiger partial charge is 0.369 e. The Bertz CT molecular complexity index is 950. The molecule has 0 unspecified atom stereocenters. The van der Waals surface area contributed by atoms with Gasteiger partial charge in [0.1, 0.15) is 11.0 Å². The monoisotopic (exact) mass is 467 g/mol. The molecule has 0 aliphatic carbocycles. The summed E-state index contributed by atoms with van der Waals surface area (Å²) in [4.78, 5) is 6.25. The zero-order chi connectivity index (χ0) is 21.7. The molecule has 4 rings (SSSR count). The minimum atomic E-state index is -4.29. The fraction of sp³-hybridized carbons (Fsp3) is 0.478. The van der Waals surface area contributed by atoms with Crippen LogP contribution in [0.25, 0.3) is 11.0 Å². The molecule has 1 aromatic heterocycles. The van der Waals surface area contributed by atoms with Gasteiger partial charge in [0.05, 0.1) is 12.1 Å². The van der Waals surface area contributed by atoms with E-state index in [0.29, 0.717) is 5.69 Å². The third-order valence-electron chi connectivity index (χ3n) is 5.82. The molecule has 0 N–H and O–H groups in total. The lowest BCUT2D eigenvalue weighted by molar-refractivity contribution is -0.137. The molecule has 0 amide bonds. The fourth-order valence-corrected chi connectivity index (χ4v) is 4.06. The first-order chi connectivity index (χ1) is 15.0. The van der Waals surface area contributed by atoms with E-state index in [4.69, 9.17) is 0 Å². The number of aromatic nitrogens is 3. The van der Waals surface area contributed by atoms with Crippen molar-refractivity contribution in [3.63, 3.8) is 0 Å². The Morgan fingerprint density at radius 3 is 2.00 bits per heavy atom. The van der Waals surface area contributed by atoms with Crippen LogP contribution in [0, 0.1) is 0 Å². The summed E-state index contributed by atoms with van der Waals surface area (Å²) in [5.41, 5.74) is 1.96. The van der Waals surface area contributed by atoms with E-state index < -0.39 is 11.7 Å². The molecule has 2 heterocycles. The van der Waals surface area contributed by atoms with Crippen molar-refractivity contribution in [3.05, 3.63) is 54.1 Å². The lowest BCUT2D eigenvalue weighted by atomic mass is 10.1. The van der Waals surface area contributed by atoms with Gasteiger partial charge < -0.3 is 4.90 Å². The first-order valence-electron chi connectivity index (χ1n) is 10.9. The van der Waals surface area contributed by atoms with E-state index in [0.717, 1.165) is 82.1 Å². The highest BCUT2D eigenvalue weighted by atomic mass is 35.5. The number of halogens is 4. The lowest BCUT2D eigenvalue weighted by Gasteiger charge is -2.36. The molecule has 32 heavy (non-hydrogen) atoms. The van der Waals surface area contributed by atoms with E-state index in [1.807, 2.05) is 29.2 Å². The van der Waals surface area contributed by atoms with Gasteiger partial charge in [-0.3, -0.25) is 4.90 Å². The Morgan fingerprint density at radius 2 is 1.38 bits per heavy atom. The third-order valence-corrected chi connectivity index (χ3v) is 5.82. The second-order valence-electron chi connectivity index (χ2n) is 8.08. The zero-order valence-corrected chi connectivity index (χ0v) is 18.8. The molecule has 174 valence electrons. The van der Waals surface area contributed by atoms with Crippen molar-refractivity contribution in [2.45, 2.75) is 38.4 Å². The minimum absolute atomic E-state index is 0. The molecule has 0 atom stereocenters. The van der Waals surface area contributed by atoms with Crippen LogP contribution < -0.4 is 4.90 Å². The van der Waals surface area contributed by atoms with Crippen LogP contribution in [0.1, 0.15) is 31.2 Å². The first-order valence-corrected chi connectivity index (χ1v) is 10.9. The fourth-order valence-electron chi connectivity index (χ4n) is 4.06. The van der Waals surface area contributed by atoms with Crippen LogP contribution in [-0.4, -0.2) is 52.6 Å². The van der Waals surface area contributed by atoms with Crippen molar-refractivity contribution in [1.82, 2.24) is 19.9 Å². The first kappa shape index (κ1) is 24.3. The van der Waals surface area contributed by atoms with Gasteiger partial charge in [0, 0.05) is 31.9 Å². The second-order valence-corrected chi connectivity index (χ2v) is 8.08. The van der Waals surface area contributed by atoms with Crippen LogP contribution in [0.2, 0.25) is 0 Å². The summed E-state index contributed by atoms with van der Waals surface area (Å²) in [7, 11) is 0. The molecule has 0 radical (unpaired) electrons. The summed E-state index contributed by atoms with van der Waals surface area (Å²) in [5.74, 6) is 0. The maximum absolute atomic E-state index is 12.9. The zero-order valence-electron chi connectivity index (χ0n) is 18.0. The van der Waals surface area contributed by atoms with E-state index in [1.54, 1.807) is 10.9 Å². The Morgan fingerprint density at radius 1 is 0.750 bits per heavy atom. The van der Waals surface area contributed by atoms with Crippen molar-refractivity contribution >= 4 is 29.1 Å². The molecule has 2 aromatic carbocycles. The van der Waals surface area contributed by atoms with Gasteiger partial charge in [0.25, 0.3) is 0 Å². The summed E-state index contributed by atoms with van der Waals surface area (Å²) in [6.07, 6.45) is 0.206. The van der Waals surface area contributed by atoms with Crippen LogP contribution in [0.3, 0.4) is 0 Å². The van der Waals surface area contributed by atoms with Crippen LogP contribution in [0.4, 0.5) is 18.9 Å². The van der Waals surface area contributed by atoms with Crippen molar-refractivity contribution in [2.75, 3.05) is 37.6 Å². The van der Waals surface area contributed by atoms with Gasteiger partial charge in [-0.1, -0.05) is 31.0 Å². The Hall–Kier alpha value is -2.32. The number of nitrogens with zero attached hydrogens (tertiary/aromatic N) is 5. The molecule has 3 aromatic rings. The molecular formula is C23H29ClF3N5. The van der Waals surface area contributed by atoms with Crippen molar-refractivity contribution < 1.29 is 13.2 Å². The lowest BCUT2D eigenvalue weighted by Crippen LogP contribution is -2.46. The summed E-state index contributed by atoms with van der Waals surface area (Å²) in [6.45, 7) is 5.18. The molecular weight excluding hydrogens is 439 g/mol. The molecule has 1 aliphatic rings. The largest absolute Gasteiger partial charge is 0.416 e. The van der Waals surface area contributed by atoms with E-state index in [9.17, 15) is 13.2 Å². The maximum atomic E-state index is 12.9. The predicted molar refractivity (Wildman–Crippen MR) is 123 cm³/mol. The number of rotatable bonds is 8. The van der Waals surface area contributed by atoms with E-state index in [1.165, 1.54) is 12.1 Å². The molecule has 0 spiro atoms. The van der Waals surface area contributed by atoms with Gasteiger partial charge in [0.2, 0.25) is 0 Å².